The van der Waals surface area contributed by atoms with E-state index in [1.165, 1.54) is 17.5 Å². The molecule has 7 heteroatoms. The summed E-state index contributed by atoms with van der Waals surface area (Å²) in [5.74, 6) is 0.312. The van der Waals surface area contributed by atoms with Crippen LogP contribution in [0, 0.1) is 17.0 Å². The molecule has 2 aromatic heterocycles. The Kier molecular flexibility index (Phi) is 2.01. The average molecular weight is 210 g/mol. The molecule has 0 fully saturated rings. The van der Waals surface area contributed by atoms with Crippen LogP contribution in [0.15, 0.2) is 11.6 Å². The monoisotopic (exact) mass is 210 g/mol. The molecule has 1 N–H and O–H groups in total. The van der Waals surface area contributed by atoms with Crippen LogP contribution in [0.25, 0.3) is 11.5 Å². The highest BCUT2D eigenvalue weighted by molar-refractivity contribution is 7.09. The van der Waals surface area contributed by atoms with Gasteiger partial charge in [0.05, 0.1) is 5.01 Å². The quantitative estimate of drug-likeness (QED) is 0.604. The van der Waals surface area contributed by atoms with Crippen LogP contribution in [-0.4, -0.2) is 19.9 Å². The van der Waals surface area contributed by atoms with Crippen LogP contribution in [0.5, 0.6) is 0 Å². The van der Waals surface area contributed by atoms with Gasteiger partial charge in [0.15, 0.2) is 0 Å². The first-order valence-corrected chi connectivity index (χ1v) is 4.66. The molecular formula is C7H6N4O2S. The van der Waals surface area contributed by atoms with E-state index in [4.69, 9.17) is 0 Å². The minimum Gasteiger partial charge on any atom is -0.358 e. The third-order valence-corrected chi connectivity index (χ3v) is 2.39. The number of imidazole rings is 1. The van der Waals surface area contributed by atoms with Crippen LogP contribution >= 0.6 is 11.3 Å². The van der Waals surface area contributed by atoms with Gasteiger partial charge in [0.1, 0.15) is 11.9 Å². The largest absolute Gasteiger partial charge is 0.358 e. The lowest BCUT2D eigenvalue weighted by molar-refractivity contribution is -0.389. The van der Waals surface area contributed by atoms with E-state index in [0.29, 0.717) is 11.5 Å². The molecule has 0 aliphatic heterocycles. The van der Waals surface area contributed by atoms with Gasteiger partial charge in [0.2, 0.25) is 5.82 Å². The zero-order valence-corrected chi connectivity index (χ0v) is 8.04. The molecule has 0 aliphatic carbocycles. The standard InChI is InChI=1S/C7H6N4O2S/c1-4-9-5(3-14-4)7-8-2-6(10-7)11(12)13/h2-3H,1H3,(H,8,10). The lowest BCUT2D eigenvalue weighted by atomic mass is 10.5. The fraction of sp³-hybridized carbons (Fsp3) is 0.143. The van der Waals surface area contributed by atoms with Crippen molar-refractivity contribution in [2.75, 3.05) is 0 Å². The second-order valence-electron chi connectivity index (χ2n) is 2.63. The number of nitrogens with zero attached hydrogens (tertiary/aromatic N) is 3. The Labute approximate surface area is 82.8 Å². The van der Waals surface area contributed by atoms with Crippen LogP contribution < -0.4 is 0 Å². The van der Waals surface area contributed by atoms with Gasteiger partial charge >= 0.3 is 5.82 Å². The van der Waals surface area contributed by atoms with Gasteiger partial charge in [-0.05, 0) is 11.8 Å². The van der Waals surface area contributed by atoms with Crippen LogP contribution in [0.4, 0.5) is 5.82 Å². The summed E-state index contributed by atoms with van der Waals surface area (Å²) in [6.07, 6.45) is 1.18. The third kappa shape index (κ3) is 1.49. The molecule has 0 radical (unpaired) electrons. The SMILES string of the molecule is Cc1nc(-c2ncc([N+](=O)[O-])[nH]2)cs1. The number of aromatic nitrogens is 3. The van der Waals surface area contributed by atoms with E-state index >= 15 is 0 Å². The molecule has 0 spiro atoms. The van der Waals surface area contributed by atoms with Crippen molar-refractivity contribution in [2.45, 2.75) is 6.92 Å². The Morgan fingerprint density at radius 1 is 1.64 bits per heavy atom. The maximum Gasteiger partial charge on any atom is 0.340 e. The normalized spacial score (nSPS) is 10.4. The highest BCUT2D eigenvalue weighted by atomic mass is 32.1. The minimum absolute atomic E-state index is 0.120. The summed E-state index contributed by atoms with van der Waals surface area (Å²) in [6.45, 7) is 1.87. The van der Waals surface area contributed by atoms with Gasteiger partial charge in [-0.25, -0.2) is 15.0 Å². The third-order valence-electron chi connectivity index (χ3n) is 1.62. The maximum atomic E-state index is 10.4. The van der Waals surface area contributed by atoms with Gasteiger partial charge in [-0.2, -0.15) is 0 Å². The maximum absolute atomic E-state index is 10.4. The van der Waals surface area contributed by atoms with Gasteiger partial charge in [0, 0.05) is 5.38 Å². The van der Waals surface area contributed by atoms with Crippen molar-refractivity contribution in [1.29, 1.82) is 0 Å². The van der Waals surface area contributed by atoms with E-state index in [2.05, 4.69) is 15.0 Å². The number of thiazole rings is 1. The first kappa shape index (κ1) is 8.82. The fourth-order valence-corrected chi connectivity index (χ4v) is 1.60. The number of aromatic amines is 1. The predicted molar refractivity (Wildman–Crippen MR) is 51.1 cm³/mol. The molecular weight excluding hydrogens is 204 g/mol. The zero-order valence-electron chi connectivity index (χ0n) is 7.22. The van der Waals surface area contributed by atoms with Crippen molar-refractivity contribution in [3.05, 3.63) is 26.7 Å². The summed E-state index contributed by atoms with van der Waals surface area (Å²) in [5.41, 5.74) is 0.639. The number of nitrogens with one attached hydrogen (secondary N) is 1. The highest BCUT2D eigenvalue weighted by Gasteiger charge is 2.13. The molecule has 2 heterocycles. The summed E-state index contributed by atoms with van der Waals surface area (Å²) in [7, 11) is 0. The number of aryl methyl sites for hydroxylation is 1. The number of H-pyrrole nitrogens is 1. The summed E-state index contributed by atoms with van der Waals surface area (Å²) >= 11 is 1.48. The predicted octanol–water partition coefficient (Wildman–Crippen LogP) is 1.75. The number of rotatable bonds is 2. The minimum atomic E-state index is -0.518. The van der Waals surface area contributed by atoms with Crippen molar-refractivity contribution >= 4 is 17.2 Å². The van der Waals surface area contributed by atoms with Crippen molar-refractivity contribution in [3.8, 4) is 11.5 Å². The fourth-order valence-electron chi connectivity index (χ4n) is 1.01. The number of hydrogen-bond acceptors (Lipinski definition) is 5. The van der Waals surface area contributed by atoms with E-state index in [1.54, 1.807) is 5.38 Å². The Bertz CT molecular complexity index is 475. The van der Waals surface area contributed by atoms with Crippen LogP contribution in [0.3, 0.4) is 0 Å². The van der Waals surface area contributed by atoms with E-state index in [9.17, 15) is 10.1 Å². The molecule has 2 rings (SSSR count). The lowest BCUT2D eigenvalue weighted by Crippen LogP contribution is -1.87. The molecule has 0 aromatic carbocycles. The molecule has 0 bridgehead atoms. The van der Waals surface area contributed by atoms with Gasteiger partial charge in [-0.1, -0.05) is 0 Å². The van der Waals surface area contributed by atoms with E-state index < -0.39 is 4.92 Å². The molecule has 6 nitrogen and oxygen atoms in total. The Balaban J connectivity index is 2.38. The molecule has 72 valence electrons. The summed E-state index contributed by atoms with van der Waals surface area (Å²) in [4.78, 5) is 20.4. The van der Waals surface area contributed by atoms with E-state index in [1.807, 2.05) is 6.92 Å². The van der Waals surface area contributed by atoms with Gasteiger partial charge in [-0.15, -0.1) is 11.3 Å². The zero-order chi connectivity index (χ0) is 10.1. The molecule has 0 aliphatic rings. The number of nitro groups is 1. The summed E-state index contributed by atoms with van der Waals surface area (Å²) in [6, 6.07) is 0. The van der Waals surface area contributed by atoms with E-state index in [-0.39, 0.29) is 5.82 Å². The van der Waals surface area contributed by atoms with Crippen molar-refractivity contribution < 1.29 is 4.92 Å². The Morgan fingerprint density at radius 3 is 2.93 bits per heavy atom. The molecule has 0 atom stereocenters. The van der Waals surface area contributed by atoms with Gasteiger partial charge in [-0.3, -0.25) is 0 Å². The molecule has 0 saturated carbocycles. The molecule has 2 aromatic rings. The van der Waals surface area contributed by atoms with Crippen molar-refractivity contribution in [2.24, 2.45) is 0 Å². The summed E-state index contributed by atoms with van der Waals surface area (Å²) in [5, 5.41) is 13.1. The smallest absolute Gasteiger partial charge is 0.340 e. The van der Waals surface area contributed by atoms with Crippen LogP contribution in [0.2, 0.25) is 0 Å². The average Bonchev–Trinajstić information content (AvgIpc) is 2.70. The lowest BCUT2D eigenvalue weighted by Gasteiger charge is -1.85. The first-order chi connectivity index (χ1) is 6.66. The van der Waals surface area contributed by atoms with Crippen molar-refractivity contribution in [1.82, 2.24) is 15.0 Å². The Morgan fingerprint density at radius 2 is 2.43 bits per heavy atom. The topological polar surface area (TPSA) is 84.7 Å². The highest BCUT2D eigenvalue weighted by Crippen LogP contribution is 2.20. The summed E-state index contributed by atoms with van der Waals surface area (Å²) < 4.78 is 0. The molecule has 0 unspecified atom stereocenters. The van der Waals surface area contributed by atoms with Gasteiger partial charge < -0.3 is 10.1 Å². The van der Waals surface area contributed by atoms with Gasteiger partial charge in [0.25, 0.3) is 0 Å². The molecule has 0 amide bonds. The van der Waals surface area contributed by atoms with Crippen molar-refractivity contribution in [3.63, 3.8) is 0 Å². The first-order valence-electron chi connectivity index (χ1n) is 3.78. The molecule has 14 heavy (non-hydrogen) atoms. The Hall–Kier alpha value is -1.76. The number of hydrogen-bond donors (Lipinski definition) is 1. The second kappa shape index (κ2) is 3.18. The van der Waals surface area contributed by atoms with Crippen LogP contribution in [-0.2, 0) is 0 Å². The second-order valence-corrected chi connectivity index (χ2v) is 3.69. The molecule has 0 saturated heterocycles. The van der Waals surface area contributed by atoms with E-state index in [0.717, 1.165) is 5.01 Å². The van der Waals surface area contributed by atoms with Crippen LogP contribution in [0.1, 0.15) is 5.01 Å².